The number of Topliss-reactive ketones (excluding diaryl/α,β-unsaturated/α-hetero) is 1. The van der Waals surface area contributed by atoms with Crippen molar-refractivity contribution in [1.82, 2.24) is 10.2 Å². The van der Waals surface area contributed by atoms with E-state index >= 15 is 0 Å². The molecule has 0 saturated heterocycles. The van der Waals surface area contributed by atoms with Crippen LogP contribution in [0.15, 0.2) is 12.1 Å². The third-order valence-electron chi connectivity index (χ3n) is 2.30. The lowest BCUT2D eigenvalue weighted by Gasteiger charge is -2.14. The van der Waals surface area contributed by atoms with Gasteiger partial charge in [0.2, 0.25) is 5.91 Å². The summed E-state index contributed by atoms with van der Waals surface area (Å²) in [5.41, 5.74) is 0. The molecule has 0 aliphatic rings. The zero-order chi connectivity index (χ0) is 14.3. The zero-order valence-corrected chi connectivity index (χ0v) is 12.5. The number of thiophene rings is 1. The number of methoxy groups -OCH3 is 1. The predicted molar refractivity (Wildman–Crippen MR) is 76.0 cm³/mol. The third-order valence-corrected chi connectivity index (χ3v) is 3.58. The number of likely N-dealkylation sites (N-methyl/N-ethyl adjacent to an activating group) is 1. The summed E-state index contributed by atoms with van der Waals surface area (Å²) in [5.74, 6) is -0.166. The molecule has 0 radical (unpaired) electrons. The first-order chi connectivity index (χ1) is 9.02. The Morgan fingerprint density at radius 1 is 1.42 bits per heavy atom. The maximum atomic E-state index is 11.9. The highest BCUT2D eigenvalue weighted by Crippen LogP contribution is 2.21. The van der Waals surface area contributed by atoms with Crippen molar-refractivity contribution in [2.75, 3.05) is 40.4 Å². The molecule has 0 aromatic carbocycles. The van der Waals surface area contributed by atoms with Crippen LogP contribution in [-0.2, 0) is 9.53 Å². The normalized spacial score (nSPS) is 10.7. The van der Waals surface area contributed by atoms with Gasteiger partial charge in [0.05, 0.1) is 28.9 Å². The van der Waals surface area contributed by atoms with Crippen molar-refractivity contribution >= 4 is 34.6 Å². The second-order valence-electron chi connectivity index (χ2n) is 4.04. The average molecular weight is 305 g/mol. The molecule has 1 aromatic heterocycles. The van der Waals surface area contributed by atoms with E-state index in [2.05, 4.69) is 5.32 Å². The molecule has 5 nitrogen and oxygen atoms in total. The number of hydrogen-bond donors (Lipinski definition) is 1. The maximum absolute atomic E-state index is 11.9. The lowest BCUT2D eigenvalue weighted by molar-refractivity contribution is -0.122. The second kappa shape index (κ2) is 8.27. The number of nitrogens with one attached hydrogen (secondary N) is 1. The summed E-state index contributed by atoms with van der Waals surface area (Å²) in [6.07, 6.45) is 0. The van der Waals surface area contributed by atoms with Crippen molar-refractivity contribution in [2.24, 2.45) is 0 Å². The quantitative estimate of drug-likeness (QED) is 0.580. The Kier molecular flexibility index (Phi) is 7.01. The Labute approximate surface area is 121 Å². The molecule has 0 aliphatic heterocycles. The first kappa shape index (κ1) is 16.1. The van der Waals surface area contributed by atoms with Crippen LogP contribution in [0.5, 0.6) is 0 Å². The molecule has 106 valence electrons. The number of ketones is 1. The van der Waals surface area contributed by atoms with E-state index < -0.39 is 0 Å². The van der Waals surface area contributed by atoms with Gasteiger partial charge in [0.1, 0.15) is 0 Å². The summed E-state index contributed by atoms with van der Waals surface area (Å²) >= 11 is 7.02. The van der Waals surface area contributed by atoms with Gasteiger partial charge in [0.15, 0.2) is 5.78 Å². The van der Waals surface area contributed by atoms with Crippen LogP contribution in [0.3, 0.4) is 0 Å². The van der Waals surface area contributed by atoms with E-state index in [1.165, 1.54) is 11.3 Å². The molecule has 0 saturated carbocycles. The molecule has 1 rings (SSSR count). The Bertz CT molecular complexity index is 436. The molecule has 1 N–H and O–H groups in total. The van der Waals surface area contributed by atoms with E-state index in [0.29, 0.717) is 22.4 Å². The van der Waals surface area contributed by atoms with E-state index in [-0.39, 0.29) is 24.8 Å². The molecule has 7 heteroatoms. The third kappa shape index (κ3) is 6.15. The van der Waals surface area contributed by atoms with Gasteiger partial charge in [-0.3, -0.25) is 14.5 Å². The minimum Gasteiger partial charge on any atom is -0.383 e. The Morgan fingerprint density at radius 2 is 2.16 bits per heavy atom. The van der Waals surface area contributed by atoms with Crippen LogP contribution in [0.25, 0.3) is 0 Å². The van der Waals surface area contributed by atoms with Crippen molar-refractivity contribution < 1.29 is 14.3 Å². The van der Waals surface area contributed by atoms with Gasteiger partial charge < -0.3 is 10.1 Å². The molecule has 0 fully saturated rings. The van der Waals surface area contributed by atoms with Gasteiger partial charge >= 0.3 is 0 Å². The summed E-state index contributed by atoms with van der Waals surface area (Å²) in [6.45, 7) is 1.31. The summed E-state index contributed by atoms with van der Waals surface area (Å²) in [7, 11) is 3.30. The molecule has 1 aromatic rings. The SMILES string of the molecule is COCCNC(=O)CN(C)CC(=O)c1ccc(Cl)s1. The molecule has 1 amide bonds. The van der Waals surface area contributed by atoms with E-state index in [1.54, 1.807) is 31.2 Å². The smallest absolute Gasteiger partial charge is 0.234 e. The highest BCUT2D eigenvalue weighted by atomic mass is 35.5. The van der Waals surface area contributed by atoms with Gasteiger partial charge in [-0.25, -0.2) is 0 Å². The topological polar surface area (TPSA) is 58.6 Å². The van der Waals surface area contributed by atoms with Gasteiger partial charge in [-0.15, -0.1) is 11.3 Å². The number of hydrogen-bond acceptors (Lipinski definition) is 5. The van der Waals surface area contributed by atoms with E-state index in [9.17, 15) is 9.59 Å². The Hall–Kier alpha value is -0.950. The standard InChI is InChI=1S/C12H17ClN2O3S/c1-15(8-12(17)14-5-6-18-2)7-9(16)10-3-4-11(13)19-10/h3-4H,5-8H2,1-2H3,(H,14,17). The largest absolute Gasteiger partial charge is 0.383 e. The number of amides is 1. The summed E-state index contributed by atoms with van der Waals surface area (Å²) in [5, 5.41) is 2.70. The predicted octanol–water partition coefficient (Wildman–Crippen LogP) is 1.28. The number of rotatable bonds is 8. The molecular weight excluding hydrogens is 288 g/mol. The van der Waals surface area contributed by atoms with E-state index in [4.69, 9.17) is 16.3 Å². The van der Waals surface area contributed by atoms with Crippen molar-refractivity contribution in [3.8, 4) is 0 Å². The van der Waals surface area contributed by atoms with E-state index in [0.717, 1.165) is 0 Å². The van der Waals surface area contributed by atoms with Gasteiger partial charge in [0.25, 0.3) is 0 Å². The highest BCUT2D eigenvalue weighted by molar-refractivity contribution is 7.18. The number of nitrogens with zero attached hydrogens (tertiary/aromatic N) is 1. The minimum atomic E-state index is -0.128. The molecular formula is C12H17ClN2O3S. The van der Waals surface area contributed by atoms with Crippen molar-refractivity contribution in [1.29, 1.82) is 0 Å². The molecule has 0 bridgehead atoms. The second-order valence-corrected chi connectivity index (χ2v) is 5.76. The molecule has 0 unspecified atom stereocenters. The van der Waals surface area contributed by atoms with Crippen LogP contribution in [-0.4, -0.2) is 57.0 Å². The fraction of sp³-hybridized carbons (Fsp3) is 0.500. The summed E-state index contributed by atoms with van der Waals surface area (Å²) in [4.78, 5) is 25.7. The van der Waals surface area contributed by atoms with Crippen LogP contribution in [0.1, 0.15) is 9.67 Å². The first-order valence-electron chi connectivity index (χ1n) is 5.75. The number of carbonyl (C=O) groups is 2. The molecule has 19 heavy (non-hydrogen) atoms. The monoisotopic (exact) mass is 304 g/mol. The van der Waals surface area contributed by atoms with Crippen LogP contribution in [0.2, 0.25) is 4.34 Å². The fourth-order valence-corrected chi connectivity index (χ4v) is 2.41. The lowest BCUT2D eigenvalue weighted by Crippen LogP contribution is -2.38. The van der Waals surface area contributed by atoms with Crippen molar-refractivity contribution in [3.63, 3.8) is 0 Å². The number of ether oxygens (including phenoxy) is 1. The lowest BCUT2D eigenvalue weighted by atomic mass is 10.3. The van der Waals surface area contributed by atoms with Crippen LogP contribution in [0, 0.1) is 0 Å². The van der Waals surface area contributed by atoms with Crippen molar-refractivity contribution in [2.45, 2.75) is 0 Å². The van der Waals surface area contributed by atoms with Gasteiger partial charge in [-0.05, 0) is 19.2 Å². The minimum absolute atomic E-state index is 0.0379. The molecule has 0 aliphatic carbocycles. The Morgan fingerprint density at radius 3 is 2.74 bits per heavy atom. The van der Waals surface area contributed by atoms with E-state index in [1.807, 2.05) is 0 Å². The zero-order valence-electron chi connectivity index (χ0n) is 10.9. The average Bonchev–Trinajstić information content (AvgIpc) is 2.76. The molecule has 0 atom stereocenters. The van der Waals surface area contributed by atoms with Crippen LogP contribution >= 0.6 is 22.9 Å². The van der Waals surface area contributed by atoms with Crippen LogP contribution < -0.4 is 5.32 Å². The fourth-order valence-electron chi connectivity index (χ4n) is 1.44. The van der Waals surface area contributed by atoms with Gasteiger partial charge in [-0.2, -0.15) is 0 Å². The van der Waals surface area contributed by atoms with Gasteiger partial charge in [0, 0.05) is 13.7 Å². The summed E-state index contributed by atoms with van der Waals surface area (Å²) < 4.78 is 5.41. The van der Waals surface area contributed by atoms with Gasteiger partial charge in [-0.1, -0.05) is 11.6 Å². The van der Waals surface area contributed by atoms with Crippen LogP contribution in [0.4, 0.5) is 0 Å². The maximum Gasteiger partial charge on any atom is 0.234 e. The number of halogens is 1. The summed E-state index contributed by atoms with van der Waals surface area (Å²) in [6, 6.07) is 3.39. The molecule has 0 spiro atoms. The van der Waals surface area contributed by atoms with Crippen molar-refractivity contribution in [3.05, 3.63) is 21.3 Å². The highest BCUT2D eigenvalue weighted by Gasteiger charge is 2.13. The molecule has 1 heterocycles. The first-order valence-corrected chi connectivity index (χ1v) is 6.95. The number of carbonyl (C=O) groups excluding carboxylic acids is 2. The Balaban J connectivity index is 2.32.